The maximum Gasteiger partial charge on any atom is 0.260 e. The number of aryl methyl sites for hydroxylation is 1. The third kappa shape index (κ3) is 3.01. The van der Waals surface area contributed by atoms with Gasteiger partial charge in [0.1, 0.15) is 0 Å². The standard InChI is InChI=1S/C21H18ClN3O3/c1-11-8-18(28-24-11)20(26)19-15-9-14(16(22)10-17(15)23-21(19)27)12-4-6-13(7-5-12)25(2)3/h4-10,26H,1-3H3,(H,23,27)/b20-19+. The van der Waals surface area contributed by atoms with Gasteiger partial charge in [0.05, 0.1) is 22.0 Å². The van der Waals surface area contributed by atoms with Crippen molar-refractivity contribution in [1.29, 1.82) is 0 Å². The van der Waals surface area contributed by atoms with Gasteiger partial charge in [0.15, 0.2) is 5.76 Å². The highest BCUT2D eigenvalue weighted by atomic mass is 35.5. The monoisotopic (exact) mass is 395 g/mol. The zero-order valence-electron chi connectivity index (χ0n) is 15.6. The summed E-state index contributed by atoms with van der Waals surface area (Å²) in [6.45, 7) is 1.74. The average Bonchev–Trinajstić information content (AvgIpc) is 3.23. The minimum atomic E-state index is -0.419. The number of nitrogens with one attached hydrogen (secondary N) is 1. The largest absolute Gasteiger partial charge is 0.504 e. The summed E-state index contributed by atoms with van der Waals surface area (Å²) in [7, 11) is 3.94. The first-order chi connectivity index (χ1) is 13.3. The molecule has 0 aliphatic carbocycles. The third-order valence-corrected chi connectivity index (χ3v) is 4.96. The molecule has 6 nitrogen and oxygen atoms in total. The van der Waals surface area contributed by atoms with Crippen LogP contribution in [0.1, 0.15) is 17.0 Å². The van der Waals surface area contributed by atoms with Crippen LogP contribution in [0.4, 0.5) is 11.4 Å². The minimum absolute atomic E-state index is 0.133. The Kier molecular flexibility index (Phi) is 4.35. The zero-order valence-corrected chi connectivity index (χ0v) is 16.3. The first-order valence-electron chi connectivity index (χ1n) is 8.65. The second-order valence-electron chi connectivity index (χ2n) is 6.83. The van der Waals surface area contributed by atoms with Crippen LogP contribution in [0, 0.1) is 6.92 Å². The van der Waals surface area contributed by atoms with E-state index in [9.17, 15) is 9.90 Å². The van der Waals surface area contributed by atoms with Crippen LogP contribution in [0.2, 0.25) is 5.02 Å². The molecule has 0 unspecified atom stereocenters. The fourth-order valence-corrected chi connectivity index (χ4v) is 3.46. The van der Waals surface area contributed by atoms with Crippen LogP contribution < -0.4 is 10.2 Å². The first kappa shape index (κ1) is 18.1. The number of hydrogen-bond acceptors (Lipinski definition) is 5. The van der Waals surface area contributed by atoms with Gasteiger partial charge in [-0.25, -0.2) is 0 Å². The number of carbonyl (C=O) groups is 1. The van der Waals surface area contributed by atoms with Gasteiger partial charge in [-0.2, -0.15) is 0 Å². The summed E-state index contributed by atoms with van der Waals surface area (Å²) < 4.78 is 5.11. The molecule has 1 aliphatic heterocycles. The molecule has 142 valence electrons. The molecule has 3 aromatic rings. The predicted molar refractivity (Wildman–Crippen MR) is 111 cm³/mol. The van der Waals surface area contributed by atoms with Gasteiger partial charge in [-0.15, -0.1) is 0 Å². The van der Waals surface area contributed by atoms with Gasteiger partial charge in [0, 0.05) is 37.0 Å². The number of nitrogens with zero attached hydrogens (tertiary/aromatic N) is 2. The minimum Gasteiger partial charge on any atom is -0.504 e. The summed E-state index contributed by atoms with van der Waals surface area (Å²) in [4.78, 5) is 14.5. The van der Waals surface area contributed by atoms with Crippen molar-refractivity contribution in [2.75, 3.05) is 24.3 Å². The lowest BCUT2D eigenvalue weighted by Crippen LogP contribution is -2.07. The van der Waals surface area contributed by atoms with Crippen molar-refractivity contribution in [3.63, 3.8) is 0 Å². The molecular formula is C21H18ClN3O3. The van der Waals surface area contributed by atoms with Gasteiger partial charge in [0.25, 0.3) is 5.91 Å². The second kappa shape index (κ2) is 6.73. The lowest BCUT2D eigenvalue weighted by Gasteiger charge is -2.14. The number of hydrogen-bond donors (Lipinski definition) is 2. The molecule has 0 atom stereocenters. The topological polar surface area (TPSA) is 78.6 Å². The Morgan fingerprint density at radius 3 is 2.46 bits per heavy atom. The Labute approximate surface area is 167 Å². The number of halogens is 1. The van der Waals surface area contributed by atoms with E-state index in [1.165, 1.54) is 0 Å². The maximum absolute atomic E-state index is 12.5. The average molecular weight is 396 g/mol. The molecule has 1 aromatic heterocycles. The van der Waals surface area contributed by atoms with Crippen LogP contribution in [0.5, 0.6) is 0 Å². The van der Waals surface area contributed by atoms with Crippen molar-refractivity contribution >= 4 is 40.2 Å². The molecular weight excluding hydrogens is 378 g/mol. The van der Waals surface area contributed by atoms with Crippen LogP contribution in [0.15, 0.2) is 47.0 Å². The molecule has 0 spiro atoms. The van der Waals surface area contributed by atoms with Crippen LogP contribution in [0.3, 0.4) is 0 Å². The quantitative estimate of drug-likeness (QED) is 0.494. The predicted octanol–water partition coefficient (Wildman–Crippen LogP) is 4.75. The molecule has 0 radical (unpaired) electrons. The molecule has 2 N–H and O–H groups in total. The van der Waals surface area contributed by atoms with Crippen LogP contribution in [-0.4, -0.2) is 30.3 Å². The van der Waals surface area contributed by atoms with Gasteiger partial charge in [-0.1, -0.05) is 28.9 Å². The van der Waals surface area contributed by atoms with E-state index in [2.05, 4.69) is 10.5 Å². The fourth-order valence-electron chi connectivity index (χ4n) is 3.18. The van der Waals surface area contributed by atoms with E-state index in [0.717, 1.165) is 16.8 Å². The summed E-state index contributed by atoms with van der Waals surface area (Å²) >= 11 is 6.47. The number of amides is 1. The Balaban J connectivity index is 1.84. The van der Waals surface area contributed by atoms with E-state index in [-0.39, 0.29) is 17.1 Å². The smallest absolute Gasteiger partial charge is 0.260 e. The Hall–Kier alpha value is -3.25. The number of benzene rings is 2. The fraction of sp³-hybridized carbons (Fsp3) is 0.143. The molecule has 28 heavy (non-hydrogen) atoms. The van der Waals surface area contributed by atoms with E-state index < -0.39 is 5.91 Å². The summed E-state index contributed by atoms with van der Waals surface area (Å²) in [6.07, 6.45) is 0. The van der Waals surface area contributed by atoms with E-state index in [1.807, 2.05) is 43.3 Å². The molecule has 4 rings (SSSR count). The Morgan fingerprint density at radius 2 is 1.86 bits per heavy atom. The van der Waals surface area contributed by atoms with Crippen LogP contribution in [0.25, 0.3) is 22.5 Å². The Morgan fingerprint density at radius 1 is 1.14 bits per heavy atom. The van der Waals surface area contributed by atoms with Gasteiger partial charge in [-0.3, -0.25) is 4.79 Å². The van der Waals surface area contributed by atoms with Crippen molar-refractivity contribution in [2.45, 2.75) is 6.92 Å². The number of anilines is 2. The molecule has 0 saturated heterocycles. The van der Waals surface area contributed by atoms with Crippen LogP contribution in [-0.2, 0) is 4.79 Å². The van der Waals surface area contributed by atoms with E-state index in [0.29, 0.717) is 22.0 Å². The normalized spacial score (nSPS) is 14.6. The number of carbonyl (C=O) groups excluding carboxylic acids is 1. The van der Waals surface area contributed by atoms with E-state index >= 15 is 0 Å². The van der Waals surface area contributed by atoms with Gasteiger partial charge in [0.2, 0.25) is 5.76 Å². The number of fused-ring (bicyclic) bond motifs is 1. The highest BCUT2D eigenvalue weighted by molar-refractivity contribution is 6.38. The van der Waals surface area contributed by atoms with Crippen molar-refractivity contribution in [3.8, 4) is 11.1 Å². The third-order valence-electron chi connectivity index (χ3n) is 4.64. The van der Waals surface area contributed by atoms with Crippen LogP contribution >= 0.6 is 11.6 Å². The van der Waals surface area contributed by atoms with Crippen molar-refractivity contribution in [1.82, 2.24) is 5.16 Å². The SMILES string of the molecule is Cc1cc(/C(O)=C2\C(=O)Nc3cc(Cl)c(-c4ccc(N(C)C)cc4)cc32)on1. The molecule has 0 saturated carbocycles. The summed E-state index contributed by atoms with van der Waals surface area (Å²) in [5.74, 6) is -0.534. The number of rotatable bonds is 3. The number of aliphatic hydroxyl groups excluding tert-OH is 1. The molecule has 2 aromatic carbocycles. The van der Waals surface area contributed by atoms with Gasteiger partial charge in [-0.05, 0) is 36.8 Å². The van der Waals surface area contributed by atoms with Crippen molar-refractivity contribution in [2.24, 2.45) is 0 Å². The highest BCUT2D eigenvalue weighted by Gasteiger charge is 2.31. The zero-order chi connectivity index (χ0) is 20.0. The molecule has 1 aliphatic rings. The van der Waals surface area contributed by atoms with Crippen molar-refractivity contribution in [3.05, 3.63) is 64.5 Å². The van der Waals surface area contributed by atoms with E-state index in [1.54, 1.807) is 25.1 Å². The van der Waals surface area contributed by atoms with Gasteiger partial charge >= 0.3 is 0 Å². The maximum atomic E-state index is 12.5. The molecule has 1 amide bonds. The van der Waals surface area contributed by atoms with Crippen molar-refractivity contribution < 1.29 is 14.4 Å². The number of aliphatic hydroxyl groups is 1. The van der Waals surface area contributed by atoms with Gasteiger partial charge < -0.3 is 19.8 Å². The second-order valence-corrected chi connectivity index (χ2v) is 7.24. The molecule has 7 heteroatoms. The lowest BCUT2D eigenvalue weighted by atomic mass is 9.98. The van der Waals surface area contributed by atoms with E-state index in [4.69, 9.17) is 16.1 Å². The summed E-state index contributed by atoms with van der Waals surface area (Å²) in [5.41, 5.74) is 4.59. The Bertz CT molecular complexity index is 1110. The molecule has 0 bridgehead atoms. The molecule has 2 heterocycles. The first-order valence-corrected chi connectivity index (χ1v) is 9.03. The molecule has 0 fully saturated rings. The number of aromatic nitrogens is 1. The summed E-state index contributed by atoms with van der Waals surface area (Å²) in [6, 6.07) is 13.0. The lowest BCUT2D eigenvalue weighted by molar-refractivity contribution is -0.110. The summed E-state index contributed by atoms with van der Waals surface area (Å²) in [5, 5.41) is 17.6. The highest BCUT2D eigenvalue weighted by Crippen LogP contribution is 2.42.